The summed E-state index contributed by atoms with van der Waals surface area (Å²) in [5.74, 6) is 0.134. The van der Waals surface area contributed by atoms with Crippen molar-refractivity contribution < 1.29 is 19.1 Å². The molecule has 0 heterocycles. The summed E-state index contributed by atoms with van der Waals surface area (Å²) < 4.78 is 10.6. The van der Waals surface area contributed by atoms with Gasteiger partial charge in [-0.05, 0) is 43.2 Å². The molecule has 0 unspecified atom stereocenters. The van der Waals surface area contributed by atoms with Gasteiger partial charge in [-0.15, -0.1) is 0 Å². The van der Waals surface area contributed by atoms with E-state index in [1.54, 1.807) is 49.6 Å². The molecule has 0 aliphatic heterocycles. The summed E-state index contributed by atoms with van der Waals surface area (Å²) in [6.45, 7) is 3.80. The van der Waals surface area contributed by atoms with E-state index < -0.39 is 0 Å². The van der Waals surface area contributed by atoms with Crippen molar-refractivity contribution in [3.05, 3.63) is 59.7 Å². The molecule has 2 N–H and O–H groups in total. The monoisotopic (exact) mass is 384 g/mol. The summed E-state index contributed by atoms with van der Waals surface area (Å²) in [4.78, 5) is 25.1. The number of carbonyl (C=O) groups is 2. The largest absolute Gasteiger partial charge is 0.494 e. The number of ether oxygens (including phenoxy) is 2. The van der Waals surface area contributed by atoms with Crippen molar-refractivity contribution in [3.8, 4) is 5.75 Å². The smallest absolute Gasteiger partial charge is 0.255 e. The number of para-hydroxylation sites is 1. The highest BCUT2D eigenvalue weighted by molar-refractivity contribution is 6.09. The first-order valence-corrected chi connectivity index (χ1v) is 9.56. The van der Waals surface area contributed by atoms with E-state index in [1.807, 2.05) is 6.07 Å². The van der Waals surface area contributed by atoms with E-state index in [-0.39, 0.29) is 11.8 Å². The Morgan fingerprint density at radius 3 is 2.57 bits per heavy atom. The molecule has 0 fully saturated rings. The van der Waals surface area contributed by atoms with Crippen molar-refractivity contribution in [3.63, 3.8) is 0 Å². The fraction of sp³-hybridized carbons (Fsp3) is 0.364. The summed E-state index contributed by atoms with van der Waals surface area (Å²) >= 11 is 0. The minimum absolute atomic E-state index is 0.233. The van der Waals surface area contributed by atoms with Crippen molar-refractivity contribution in [1.82, 2.24) is 5.32 Å². The van der Waals surface area contributed by atoms with Crippen LogP contribution >= 0.6 is 0 Å². The van der Waals surface area contributed by atoms with E-state index in [1.165, 1.54) is 0 Å². The number of carbonyl (C=O) groups excluding carboxylic acids is 2. The SMILES string of the molecule is CCCCOc1cccc(C(=O)Nc2ccccc2C(=O)NCCCOC)c1. The van der Waals surface area contributed by atoms with Gasteiger partial charge in [-0.2, -0.15) is 0 Å². The predicted molar refractivity (Wildman–Crippen MR) is 110 cm³/mol. The molecule has 0 spiro atoms. The van der Waals surface area contributed by atoms with E-state index in [9.17, 15) is 9.59 Å². The van der Waals surface area contributed by atoms with E-state index in [2.05, 4.69) is 17.6 Å². The van der Waals surface area contributed by atoms with Crippen LogP contribution in [0.1, 0.15) is 46.9 Å². The molecule has 2 amide bonds. The van der Waals surface area contributed by atoms with Crippen LogP contribution < -0.4 is 15.4 Å². The average Bonchev–Trinajstić information content (AvgIpc) is 2.72. The topological polar surface area (TPSA) is 76.7 Å². The second kappa shape index (κ2) is 11.8. The molecule has 6 nitrogen and oxygen atoms in total. The van der Waals surface area contributed by atoms with Crippen LogP contribution in [0.15, 0.2) is 48.5 Å². The van der Waals surface area contributed by atoms with Crippen molar-refractivity contribution in [2.45, 2.75) is 26.2 Å². The molecule has 0 aliphatic rings. The number of hydrogen-bond donors (Lipinski definition) is 2. The quantitative estimate of drug-likeness (QED) is 0.577. The van der Waals surface area contributed by atoms with Crippen molar-refractivity contribution >= 4 is 17.5 Å². The van der Waals surface area contributed by atoms with E-state index in [4.69, 9.17) is 9.47 Å². The highest BCUT2D eigenvalue weighted by atomic mass is 16.5. The molecule has 2 aromatic carbocycles. The zero-order chi connectivity index (χ0) is 20.2. The fourth-order valence-electron chi connectivity index (χ4n) is 2.56. The normalized spacial score (nSPS) is 10.4. The second-order valence-electron chi connectivity index (χ2n) is 6.33. The van der Waals surface area contributed by atoms with Crippen LogP contribution in [-0.4, -0.2) is 38.7 Å². The summed E-state index contributed by atoms with van der Waals surface area (Å²) in [5.41, 5.74) is 1.36. The Kier molecular flexibility index (Phi) is 9.01. The maximum Gasteiger partial charge on any atom is 0.255 e. The molecule has 28 heavy (non-hydrogen) atoms. The van der Waals surface area contributed by atoms with Gasteiger partial charge in [-0.25, -0.2) is 0 Å². The van der Waals surface area contributed by atoms with Crippen LogP contribution in [0.3, 0.4) is 0 Å². The first-order valence-electron chi connectivity index (χ1n) is 9.56. The molecular weight excluding hydrogens is 356 g/mol. The standard InChI is InChI=1S/C22H28N2O4/c1-3-4-15-28-18-10-7-9-17(16-18)21(25)24-20-12-6-5-11-19(20)22(26)23-13-8-14-27-2/h5-7,9-12,16H,3-4,8,13-15H2,1-2H3,(H,23,26)(H,24,25). The Morgan fingerprint density at radius 1 is 0.964 bits per heavy atom. The molecule has 6 heteroatoms. The third kappa shape index (κ3) is 6.70. The minimum atomic E-state index is -0.291. The van der Waals surface area contributed by atoms with Gasteiger partial charge in [0.25, 0.3) is 11.8 Å². The Balaban J connectivity index is 2.04. The highest BCUT2D eigenvalue weighted by Gasteiger charge is 2.14. The molecule has 0 bridgehead atoms. The summed E-state index contributed by atoms with van der Waals surface area (Å²) in [6, 6.07) is 14.0. The highest BCUT2D eigenvalue weighted by Crippen LogP contribution is 2.19. The molecule has 0 aliphatic carbocycles. The predicted octanol–water partition coefficient (Wildman–Crippen LogP) is 3.88. The molecule has 0 saturated carbocycles. The summed E-state index contributed by atoms with van der Waals surface area (Å²) in [6.07, 6.45) is 2.73. The molecular formula is C22H28N2O4. The van der Waals surface area contributed by atoms with Gasteiger partial charge in [0.1, 0.15) is 5.75 Å². The molecule has 150 valence electrons. The number of nitrogens with one attached hydrogen (secondary N) is 2. The van der Waals surface area contributed by atoms with Gasteiger partial charge in [0, 0.05) is 25.8 Å². The van der Waals surface area contributed by atoms with Crippen molar-refractivity contribution in [2.24, 2.45) is 0 Å². The van der Waals surface area contributed by atoms with Crippen LogP contribution in [0.25, 0.3) is 0 Å². The molecule has 2 rings (SSSR count). The zero-order valence-corrected chi connectivity index (χ0v) is 16.5. The first-order chi connectivity index (χ1) is 13.7. The van der Waals surface area contributed by atoms with Crippen LogP contribution in [0.4, 0.5) is 5.69 Å². The van der Waals surface area contributed by atoms with E-state index in [0.717, 1.165) is 19.3 Å². The maximum absolute atomic E-state index is 12.7. The number of hydrogen-bond acceptors (Lipinski definition) is 4. The van der Waals surface area contributed by atoms with Gasteiger partial charge in [-0.3, -0.25) is 9.59 Å². The van der Waals surface area contributed by atoms with Gasteiger partial charge in [0.05, 0.1) is 17.9 Å². The van der Waals surface area contributed by atoms with Crippen LogP contribution in [-0.2, 0) is 4.74 Å². The first kappa shape index (κ1) is 21.4. The second-order valence-corrected chi connectivity index (χ2v) is 6.33. The van der Waals surface area contributed by atoms with Crippen LogP contribution in [0.2, 0.25) is 0 Å². The minimum Gasteiger partial charge on any atom is -0.494 e. The Morgan fingerprint density at radius 2 is 1.79 bits per heavy atom. The average molecular weight is 384 g/mol. The lowest BCUT2D eigenvalue weighted by Gasteiger charge is -2.12. The lowest BCUT2D eigenvalue weighted by atomic mass is 10.1. The summed E-state index contributed by atoms with van der Waals surface area (Å²) in [7, 11) is 1.62. The fourth-order valence-corrected chi connectivity index (χ4v) is 2.56. The van der Waals surface area contributed by atoms with Gasteiger partial charge in [0.15, 0.2) is 0 Å². The third-order valence-corrected chi connectivity index (χ3v) is 4.09. The van der Waals surface area contributed by atoms with Crippen LogP contribution in [0.5, 0.6) is 5.75 Å². The Bertz CT molecular complexity index is 777. The Hall–Kier alpha value is -2.86. The molecule has 0 radical (unpaired) electrons. The van der Waals surface area contributed by atoms with Gasteiger partial charge < -0.3 is 20.1 Å². The number of rotatable bonds is 11. The Labute approximate surface area is 166 Å². The van der Waals surface area contributed by atoms with Gasteiger partial charge >= 0.3 is 0 Å². The van der Waals surface area contributed by atoms with Crippen molar-refractivity contribution in [2.75, 3.05) is 32.2 Å². The number of methoxy groups -OCH3 is 1. The molecule has 0 atom stereocenters. The number of benzene rings is 2. The van der Waals surface area contributed by atoms with Crippen molar-refractivity contribution in [1.29, 1.82) is 0 Å². The molecule has 0 saturated heterocycles. The number of amides is 2. The van der Waals surface area contributed by atoms with Gasteiger partial charge in [-0.1, -0.05) is 31.5 Å². The maximum atomic E-state index is 12.7. The lowest BCUT2D eigenvalue weighted by molar-refractivity contribution is 0.0949. The van der Waals surface area contributed by atoms with Crippen LogP contribution in [0, 0.1) is 0 Å². The molecule has 0 aromatic heterocycles. The lowest BCUT2D eigenvalue weighted by Crippen LogP contribution is -2.26. The third-order valence-electron chi connectivity index (χ3n) is 4.09. The van der Waals surface area contributed by atoms with Gasteiger partial charge in [0.2, 0.25) is 0 Å². The summed E-state index contributed by atoms with van der Waals surface area (Å²) in [5, 5.41) is 5.66. The number of unbranched alkanes of at least 4 members (excludes halogenated alkanes) is 1. The van der Waals surface area contributed by atoms with E-state index >= 15 is 0 Å². The van der Waals surface area contributed by atoms with E-state index in [0.29, 0.717) is 42.3 Å². The number of anilines is 1. The molecule has 2 aromatic rings. The zero-order valence-electron chi connectivity index (χ0n) is 16.5.